The molecule has 7 nitrogen and oxygen atoms in total. The van der Waals surface area contributed by atoms with Gasteiger partial charge in [0.1, 0.15) is 11.6 Å². The number of anilines is 1. The van der Waals surface area contributed by atoms with Crippen molar-refractivity contribution in [1.82, 2.24) is 4.57 Å². The highest BCUT2D eigenvalue weighted by molar-refractivity contribution is 6.06. The Morgan fingerprint density at radius 3 is 2.14 bits per heavy atom. The molecule has 0 aliphatic heterocycles. The van der Waals surface area contributed by atoms with Crippen LogP contribution in [0, 0.1) is 11.6 Å². The average molecular weight is 499 g/mol. The Kier molecular flexibility index (Phi) is 8.73. The summed E-state index contributed by atoms with van der Waals surface area (Å²) in [7, 11) is 0. The monoisotopic (exact) mass is 498 g/mol. The molecule has 2 aromatic carbocycles. The van der Waals surface area contributed by atoms with Gasteiger partial charge in [-0.25, -0.2) is 8.78 Å². The Morgan fingerprint density at radius 2 is 1.58 bits per heavy atom. The van der Waals surface area contributed by atoms with Gasteiger partial charge in [0, 0.05) is 24.0 Å². The zero-order valence-electron chi connectivity index (χ0n) is 19.9. The van der Waals surface area contributed by atoms with Crippen LogP contribution < -0.4 is 5.32 Å². The molecule has 36 heavy (non-hydrogen) atoms. The molecule has 0 aliphatic carbocycles. The maximum Gasteiger partial charge on any atom is 0.305 e. The number of aromatic nitrogens is 1. The van der Waals surface area contributed by atoms with E-state index in [1.807, 2.05) is 13.8 Å². The Hall–Kier alpha value is -3.82. The van der Waals surface area contributed by atoms with Gasteiger partial charge in [-0.3, -0.25) is 9.59 Å². The van der Waals surface area contributed by atoms with Crippen molar-refractivity contribution in [1.29, 1.82) is 0 Å². The normalized spacial score (nSPS) is 13.2. The summed E-state index contributed by atoms with van der Waals surface area (Å²) < 4.78 is 28.5. The van der Waals surface area contributed by atoms with Crippen LogP contribution in [0.15, 0.2) is 60.7 Å². The molecule has 4 N–H and O–H groups in total. The highest BCUT2D eigenvalue weighted by Crippen LogP contribution is 2.32. The number of amides is 1. The molecule has 3 aromatic rings. The van der Waals surface area contributed by atoms with E-state index in [0.717, 1.165) is 0 Å². The molecule has 2 atom stereocenters. The van der Waals surface area contributed by atoms with Crippen molar-refractivity contribution in [2.24, 2.45) is 0 Å². The smallest absolute Gasteiger partial charge is 0.305 e. The van der Waals surface area contributed by atoms with Gasteiger partial charge in [-0.05, 0) is 72.2 Å². The first-order valence-corrected chi connectivity index (χ1v) is 11.4. The minimum absolute atomic E-state index is 0.160. The fourth-order valence-corrected chi connectivity index (χ4v) is 3.87. The number of carboxylic acid groups (broad SMARTS) is 1. The van der Waals surface area contributed by atoms with E-state index < -0.39 is 42.1 Å². The van der Waals surface area contributed by atoms with Crippen molar-refractivity contribution in [2.75, 3.05) is 5.32 Å². The first-order chi connectivity index (χ1) is 17.0. The number of halogens is 2. The van der Waals surface area contributed by atoms with Crippen LogP contribution in [0.2, 0.25) is 0 Å². The second-order valence-electron chi connectivity index (χ2n) is 8.72. The van der Waals surface area contributed by atoms with Crippen LogP contribution in [0.1, 0.15) is 48.7 Å². The number of carboxylic acids is 1. The summed E-state index contributed by atoms with van der Waals surface area (Å²) in [6.45, 7) is 3.77. The van der Waals surface area contributed by atoms with Crippen molar-refractivity contribution in [3.8, 4) is 11.3 Å². The SMILES string of the molecule is CC(C)c1c(C(=O)Nc2ccc(F)cc2)cc(-c2ccc(F)cc2)n1/C=C/[C@@H](O)C[C@@H](O)CC(=O)O. The van der Waals surface area contributed by atoms with Gasteiger partial charge in [0.25, 0.3) is 5.91 Å². The number of carbonyl (C=O) groups excluding carboxylic acids is 1. The van der Waals surface area contributed by atoms with Gasteiger partial charge < -0.3 is 25.2 Å². The minimum Gasteiger partial charge on any atom is -0.481 e. The number of hydrogen-bond acceptors (Lipinski definition) is 4. The van der Waals surface area contributed by atoms with Crippen LogP contribution in [0.4, 0.5) is 14.5 Å². The lowest BCUT2D eigenvalue weighted by Gasteiger charge is -2.15. The maximum absolute atomic E-state index is 13.6. The molecule has 0 fully saturated rings. The maximum atomic E-state index is 13.6. The van der Waals surface area contributed by atoms with Crippen LogP contribution in [-0.4, -0.2) is 44.0 Å². The average Bonchev–Trinajstić information content (AvgIpc) is 3.19. The molecule has 1 heterocycles. The van der Waals surface area contributed by atoms with Crippen molar-refractivity contribution < 1.29 is 33.7 Å². The number of nitrogens with one attached hydrogen (secondary N) is 1. The van der Waals surface area contributed by atoms with Gasteiger partial charge in [-0.1, -0.05) is 13.8 Å². The predicted molar refractivity (Wildman–Crippen MR) is 132 cm³/mol. The lowest BCUT2D eigenvalue weighted by molar-refractivity contribution is -0.139. The summed E-state index contributed by atoms with van der Waals surface area (Å²) in [4.78, 5) is 24.0. The van der Waals surface area contributed by atoms with E-state index in [2.05, 4.69) is 5.32 Å². The quantitative estimate of drug-likeness (QED) is 0.319. The Bertz CT molecular complexity index is 1230. The Balaban J connectivity index is 2.02. The molecular formula is C27H28F2N2O5. The number of hydrogen-bond donors (Lipinski definition) is 4. The van der Waals surface area contributed by atoms with Crippen LogP contribution in [-0.2, 0) is 4.79 Å². The zero-order chi connectivity index (χ0) is 26.4. The van der Waals surface area contributed by atoms with Crippen molar-refractivity contribution >= 4 is 23.8 Å². The van der Waals surface area contributed by atoms with Gasteiger partial charge in [0.2, 0.25) is 0 Å². The lowest BCUT2D eigenvalue weighted by atomic mass is 10.0. The number of nitrogens with zero attached hydrogens (tertiary/aromatic N) is 1. The summed E-state index contributed by atoms with van der Waals surface area (Å²) in [6, 6.07) is 12.7. The van der Waals surface area contributed by atoms with E-state index in [1.54, 1.807) is 29.0 Å². The molecule has 0 radical (unpaired) electrons. The lowest BCUT2D eigenvalue weighted by Crippen LogP contribution is -2.19. The summed E-state index contributed by atoms with van der Waals surface area (Å²) in [5.74, 6) is -2.63. The molecule has 3 rings (SSSR count). The van der Waals surface area contributed by atoms with E-state index in [4.69, 9.17) is 5.11 Å². The topological polar surface area (TPSA) is 112 Å². The van der Waals surface area contributed by atoms with Crippen LogP contribution in [0.25, 0.3) is 17.5 Å². The highest BCUT2D eigenvalue weighted by Gasteiger charge is 2.23. The number of aliphatic hydroxyl groups is 2. The van der Waals surface area contributed by atoms with Gasteiger partial charge in [-0.2, -0.15) is 0 Å². The molecule has 0 saturated carbocycles. The van der Waals surface area contributed by atoms with Crippen molar-refractivity contribution in [3.05, 3.63) is 83.6 Å². The molecule has 0 spiro atoms. The van der Waals surface area contributed by atoms with Crippen LogP contribution >= 0.6 is 0 Å². The first kappa shape index (κ1) is 26.8. The standard InChI is InChI=1S/C27H28F2N2O5/c1-16(2)26-23(27(36)30-20-9-7-19(29)8-10-20)15-24(17-3-5-18(28)6-4-17)31(26)12-11-21(32)13-22(33)14-25(34)35/h3-12,15-16,21-22,32-33H,13-14H2,1-2H3,(H,30,36)(H,34,35)/b12-11+/t21-,22-/m1/s1. The molecule has 1 amide bonds. The molecule has 9 heteroatoms. The van der Waals surface area contributed by atoms with Crippen molar-refractivity contribution in [3.63, 3.8) is 0 Å². The fourth-order valence-electron chi connectivity index (χ4n) is 3.87. The number of aliphatic hydroxyl groups excluding tert-OH is 2. The van der Waals surface area contributed by atoms with E-state index in [1.165, 1.54) is 42.5 Å². The van der Waals surface area contributed by atoms with E-state index >= 15 is 0 Å². The van der Waals surface area contributed by atoms with E-state index in [9.17, 15) is 28.6 Å². The summed E-state index contributed by atoms with van der Waals surface area (Å²) in [5, 5.41) is 31.7. The number of carbonyl (C=O) groups is 2. The number of benzene rings is 2. The summed E-state index contributed by atoms with van der Waals surface area (Å²) >= 11 is 0. The molecule has 1 aromatic heterocycles. The molecule has 0 bridgehead atoms. The number of aliphatic carboxylic acids is 1. The second kappa shape index (κ2) is 11.7. The molecule has 0 saturated heterocycles. The Morgan fingerprint density at radius 1 is 1.00 bits per heavy atom. The Labute approximate surface area is 207 Å². The third-order valence-electron chi connectivity index (χ3n) is 5.49. The van der Waals surface area contributed by atoms with E-state index in [0.29, 0.717) is 28.2 Å². The molecule has 0 unspecified atom stereocenters. The second-order valence-corrected chi connectivity index (χ2v) is 8.72. The van der Waals surface area contributed by atoms with Gasteiger partial charge in [-0.15, -0.1) is 0 Å². The van der Waals surface area contributed by atoms with Gasteiger partial charge >= 0.3 is 5.97 Å². The molecule has 190 valence electrons. The largest absolute Gasteiger partial charge is 0.481 e. The third-order valence-corrected chi connectivity index (χ3v) is 5.49. The zero-order valence-corrected chi connectivity index (χ0v) is 19.9. The minimum atomic E-state index is -1.23. The van der Waals surface area contributed by atoms with Crippen molar-refractivity contribution in [2.45, 2.75) is 44.8 Å². The fraction of sp³-hybridized carbons (Fsp3) is 0.259. The highest BCUT2D eigenvalue weighted by atomic mass is 19.1. The van der Waals surface area contributed by atoms with Crippen LogP contribution in [0.5, 0.6) is 0 Å². The summed E-state index contributed by atoms with van der Waals surface area (Å²) in [6.07, 6.45) is -0.137. The van der Waals surface area contributed by atoms with E-state index in [-0.39, 0.29) is 12.3 Å². The molecular weight excluding hydrogens is 470 g/mol. The first-order valence-electron chi connectivity index (χ1n) is 11.4. The third kappa shape index (κ3) is 6.87. The number of rotatable bonds is 10. The van der Waals surface area contributed by atoms with Crippen LogP contribution in [0.3, 0.4) is 0 Å². The van der Waals surface area contributed by atoms with Gasteiger partial charge in [0.05, 0.1) is 29.9 Å². The summed E-state index contributed by atoms with van der Waals surface area (Å²) in [5.41, 5.74) is 2.51. The molecule has 0 aliphatic rings. The predicted octanol–water partition coefficient (Wildman–Crippen LogP) is 4.87. The van der Waals surface area contributed by atoms with Gasteiger partial charge in [0.15, 0.2) is 0 Å².